The van der Waals surface area contributed by atoms with Gasteiger partial charge in [0.05, 0.1) is 5.38 Å². The van der Waals surface area contributed by atoms with Gasteiger partial charge in [0.25, 0.3) is 0 Å². The smallest absolute Gasteiger partial charge is 0.139 e. The average molecular weight is 183 g/mol. The molecule has 1 heterocycles. The van der Waals surface area contributed by atoms with Crippen LogP contribution in [0.15, 0.2) is 0 Å². The summed E-state index contributed by atoms with van der Waals surface area (Å²) in [5.41, 5.74) is 0.670. The Morgan fingerprint density at radius 2 is 2.33 bits per heavy atom. The van der Waals surface area contributed by atoms with E-state index in [2.05, 4.69) is 9.59 Å². The van der Waals surface area contributed by atoms with Gasteiger partial charge in [0.15, 0.2) is 0 Å². The summed E-state index contributed by atoms with van der Waals surface area (Å²) in [7, 11) is 0. The van der Waals surface area contributed by atoms with Crippen LogP contribution in [0.1, 0.15) is 18.0 Å². The zero-order chi connectivity index (χ0) is 6.85. The van der Waals surface area contributed by atoms with E-state index in [1.165, 1.54) is 0 Å². The third-order valence-corrected chi connectivity index (χ3v) is 1.99. The molecule has 0 aliphatic carbocycles. The van der Waals surface area contributed by atoms with Crippen LogP contribution in [0.3, 0.4) is 0 Å². The van der Waals surface area contributed by atoms with Gasteiger partial charge in [-0.1, -0.05) is 16.1 Å². The number of hydrogen-bond acceptors (Lipinski definition) is 3. The number of hydrogen-bond donors (Lipinski definition) is 0. The lowest BCUT2D eigenvalue weighted by Crippen LogP contribution is -1.83. The van der Waals surface area contributed by atoms with E-state index in [4.69, 9.17) is 23.2 Å². The molecule has 0 aliphatic rings. The number of halogens is 2. The van der Waals surface area contributed by atoms with Gasteiger partial charge in [-0.3, -0.25) is 0 Å². The molecule has 5 heteroatoms. The Bertz CT molecular complexity index is 198. The van der Waals surface area contributed by atoms with Gasteiger partial charge in [-0.15, -0.1) is 16.7 Å². The Balaban J connectivity index is 2.94. The molecule has 0 fully saturated rings. The second-order valence-corrected chi connectivity index (χ2v) is 3.56. The fourth-order valence-corrected chi connectivity index (χ4v) is 1.50. The lowest BCUT2D eigenvalue weighted by molar-refractivity contribution is 0.961. The summed E-state index contributed by atoms with van der Waals surface area (Å²) in [5, 5.41) is 3.58. The first-order valence-electron chi connectivity index (χ1n) is 2.33. The van der Waals surface area contributed by atoms with E-state index >= 15 is 0 Å². The molecule has 0 N–H and O–H groups in total. The SMILES string of the molecule is CC(Cl)c1nnsc1Cl. The predicted octanol–water partition coefficient (Wildman–Crippen LogP) is 2.49. The van der Waals surface area contributed by atoms with Crippen molar-refractivity contribution in [3.05, 3.63) is 10.0 Å². The molecule has 0 bridgehead atoms. The molecule has 0 spiro atoms. The van der Waals surface area contributed by atoms with Crippen molar-refractivity contribution in [3.63, 3.8) is 0 Å². The van der Waals surface area contributed by atoms with Gasteiger partial charge in [0.1, 0.15) is 10.0 Å². The third-order valence-electron chi connectivity index (χ3n) is 0.848. The van der Waals surface area contributed by atoms with Crippen LogP contribution in [0.25, 0.3) is 0 Å². The fraction of sp³-hybridized carbons (Fsp3) is 0.500. The molecule has 50 valence electrons. The summed E-state index contributed by atoms with van der Waals surface area (Å²) < 4.78 is 4.20. The molecule has 2 nitrogen and oxygen atoms in total. The summed E-state index contributed by atoms with van der Waals surface area (Å²) in [6.45, 7) is 1.81. The van der Waals surface area contributed by atoms with E-state index in [1.54, 1.807) is 0 Å². The van der Waals surface area contributed by atoms with Gasteiger partial charge in [0, 0.05) is 11.5 Å². The Kier molecular flexibility index (Phi) is 2.27. The van der Waals surface area contributed by atoms with Crippen molar-refractivity contribution in [1.82, 2.24) is 9.59 Å². The summed E-state index contributed by atoms with van der Waals surface area (Å²) in [4.78, 5) is 0. The van der Waals surface area contributed by atoms with Gasteiger partial charge >= 0.3 is 0 Å². The Morgan fingerprint density at radius 3 is 2.56 bits per heavy atom. The maximum Gasteiger partial charge on any atom is 0.139 e. The van der Waals surface area contributed by atoms with Crippen molar-refractivity contribution in [3.8, 4) is 0 Å². The normalized spacial score (nSPS) is 13.7. The van der Waals surface area contributed by atoms with Crippen LogP contribution >= 0.6 is 34.7 Å². The molecule has 0 aliphatic heterocycles. The van der Waals surface area contributed by atoms with Crippen molar-refractivity contribution in [2.75, 3.05) is 0 Å². The second-order valence-electron chi connectivity index (χ2n) is 1.55. The molecule has 9 heavy (non-hydrogen) atoms. The molecule has 0 radical (unpaired) electrons. The standard InChI is InChI=1S/C4H4Cl2N2S/c1-2(5)3-4(6)9-8-7-3/h2H,1H3. The first kappa shape index (κ1) is 7.25. The van der Waals surface area contributed by atoms with Crippen LogP contribution in [0.4, 0.5) is 0 Å². The molecule has 0 amide bonds. The summed E-state index contributed by atoms with van der Waals surface area (Å²) in [5.74, 6) is 0. The van der Waals surface area contributed by atoms with Crippen LogP contribution in [-0.2, 0) is 0 Å². The molecule has 0 saturated heterocycles. The quantitative estimate of drug-likeness (QED) is 0.625. The zero-order valence-corrected chi connectivity index (χ0v) is 6.96. The minimum Gasteiger partial charge on any atom is -0.140 e. The highest BCUT2D eigenvalue weighted by atomic mass is 35.5. The van der Waals surface area contributed by atoms with E-state index in [0.29, 0.717) is 10.0 Å². The number of alkyl halides is 1. The Hall–Kier alpha value is 0.140. The highest BCUT2D eigenvalue weighted by Gasteiger charge is 2.09. The van der Waals surface area contributed by atoms with Crippen LogP contribution in [0.2, 0.25) is 4.34 Å². The van der Waals surface area contributed by atoms with Gasteiger partial charge in [-0.2, -0.15) is 0 Å². The maximum absolute atomic E-state index is 5.67. The molecular formula is C4H4Cl2N2S. The second kappa shape index (κ2) is 2.82. The lowest BCUT2D eigenvalue weighted by Gasteiger charge is -1.93. The average Bonchev–Trinajstić information content (AvgIpc) is 2.13. The van der Waals surface area contributed by atoms with Gasteiger partial charge in [-0.25, -0.2) is 0 Å². The largest absolute Gasteiger partial charge is 0.140 e. The lowest BCUT2D eigenvalue weighted by atomic mass is 10.4. The van der Waals surface area contributed by atoms with Crippen LogP contribution < -0.4 is 0 Å². The Labute approximate surface area is 67.0 Å². The molecule has 1 rings (SSSR count). The van der Waals surface area contributed by atoms with E-state index in [-0.39, 0.29) is 5.38 Å². The summed E-state index contributed by atoms with van der Waals surface area (Å²) in [6.07, 6.45) is 0. The predicted molar refractivity (Wildman–Crippen MR) is 39.2 cm³/mol. The van der Waals surface area contributed by atoms with Gasteiger partial charge in [-0.05, 0) is 6.92 Å². The highest BCUT2D eigenvalue weighted by molar-refractivity contribution is 7.10. The molecule has 1 aromatic heterocycles. The molecule has 0 saturated carbocycles. The number of rotatable bonds is 1. The summed E-state index contributed by atoms with van der Waals surface area (Å²) >= 11 is 12.5. The minimum atomic E-state index is -0.142. The fourth-order valence-electron chi connectivity index (χ4n) is 0.422. The van der Waals surface area contributed by atoms with Gasteiger partial charge in [0.2, 0.25) is 0 Å². The number of aromatic nitrogens is 2. The highest BCUT2D eigenvalue weighted by Crippen LogP contribution is 2.26. The molecule has 1 unspecified atom stereocenters. The van der Waals surface area contributed by atoms with E-state index in [9.17, 15) is 0 Å². The van der Waals surface area contributed by atoms with Crippen LogP contribution in [0.5, 0.6) is 0 Å². The van der Waals surface area contributed by atoms with Crippen LogP contribution in [0, 0.1) is 0 Å². The molecule has 1 aromatic rings. The summed E-state index contributed by atoms with van der Waals surface area (Å²) in [6, 6.07) is 0. The van der Waals surface area contributed by atoms with Crippen molar-refractivity contribution < 1.29 is 0 Å². The van der Waals surface area contributed by atoms with Crippen molar-refractivity contribution in [2.45, 2.75) is 12.3 Å². The molecule has 1 atom stereocenters. The number of nitrogens with zero attached hydrogens (tertiary/aromatic N) is 2. The molecule has 0 aromatic carbocycles. The van der Waals surface area contributed by atoms with E-state index in [0.717, 1.165) is 11.5 Å². The van der Waals surface area contributed by atoms with Gasteiger partial charge < -0.3 is 0 Å². The first-order chi connectivity index (χ1) is 4.22. The van der Waals surface area contributed by atoms with E-state index in [1.807, 2.05) is 6.92 Å². The van der Waals surface area contributed by atoms with E-state index < -0.39 is 0 Å². The monoisotopic (exact) mass is 182 g/mol. The zero-order valence-electron chi connectivity index (χ0n) is 4.64. The topological polar surface area (TPSA) is 25.8 Å². The van der Waals surface area contributed by atoms with Crippen molar-refractivity contribution >= 4 is 34.7 Å². The van der Waals surface area contributed by atoms with Crippen LogP contribution in [-0.4, -0.2) is 9.59 Å². The Morgan fingerprint density at radius 1 is 1.67 bits per heavy atom. The maximum atomic E-state index is 5.67. The third kappa shape index (κ3) is 1.53. The first-order valence-corrected chi connectivity index (χ1v) is 3.92. The van der Waals surface area contributed by atoms with Crippen molar-refractivity contribution in [1.29, 1.82) is 0 Å². The molecular weight excluding hydrogens is 179 g/mol. The minimum absolute atomic E-state index is 0.142. The van der Waals surface area contributed by atoms with Crippen molar-refractivity contribution in [2.24, 2.45) is 0 Å².